The van der Waals surface area contributed by atoms with E-state index in [1.165, 1.54) is 19.1 Å². The van der Waals surface area contributed by atoms with Crippen LogP contribution in [0.25, 0.3) is 0 Å². The molecule has 1 aliphatic carbocycles. The predicted molar refractivity (Wildman–Crippen MR) is 71.7 cm³/mol. The minimum atomic E-state index is -4.41. The first-order valence-electron chi connectivity index (χ1n) is 6.77. The number of carbonyl (C=O) groups excluding carboxylic acids is 1. The van der Waals surface area contributed by atoms with Crippen LogP contribution in [-0.4, -0.2) is 23.5 Å². The Kier molecular flexibility index (Phi) is 3.88. The zero-order chi connectivity index (χ0) is 15.9. The molecule has 0 saturated heterocycles. The molecule has 0 unspecified atom stereocenters. The van der Waals surface area contributed by atoms with Crippen molar-refractivity contribution in [1.29, 1.82) is 0 Å². The van der Waals surface area contributed by atoms with Gasteiger partial charge in [-0.1, -0.05) is 12.1 Å². The summed E-state index contributed by atoms with van der Waals surface area (Å²) in [4.78, 5) is 12.5. The molecule has 2 rings (SSSR count). The number of nitrogens with one attached hydrogen (secondary N) is 1. The van der Waals surface area contributed by atoms with Crippen molar-refractivity contribution < 1.29 is 23.1 Å². The number of carbonyl (C=O) groups is 1. The minimum absolute atomic E-state index is 0.357. The second kappa shape index (κ2) is 5.10. The highest BCUT2D eigenvalue weighted by molar-refractivity contribution is 5.96. The van der Waals surface area contributed by atoms with Crippen LogP contribution in [0.2, 0.25) is 0 Å². The number of aliphatic hydroxyl groups is 1. The summed E-state index contributed by atoms with van der Waals surface area (Å²) < 4.78 is 37.8. The molecule has 21 heavy (non-hydrogen) atoms. The van der Waals surface area contributed by atoms with Gasteiger partial charge in [0.05, 0.1) is 5.56 Å². The van der Waals surface area contributed by atoms with Crippen molar-refractivity contribution in [3.05, 3.63) is 35.4 Å². The second-order valence-electron chi connectivity index (χ2n) is 5.69. The van der Waals surface area contributed by atoms with E-state index in [0.717, 1.165) is 12.1 Å². The molecule has 1 aromatic rings. The number of hydrogen-bond acceptors (Lipinski definition) is 3. The molecule has 3 nitrogen and oxygen atoms in total. The molecular formula is C15H18F3NO2. The molecule has 116 valence electrons. The minimum Gasteiger partial charge on any atom is -0.382 e. The van der Waals surface area contributed by atoms with Crippen LogP contribution in [0.3, 0.4) is 0 Å². The van der Waals surface area contributed by atoms with Gasteiger partial charge in [-0.3, -0.25) is 4.79 Å². The van der Waals surface area contributed by atoms with E-state index in [1.807, 2.05) is 0 Å². The third kappa shape index (κ3) is 2.70. The van der Waals surface area contributed by atoms with Crippen LogP contribution in [0.15, 0.2) is 24.3 Å². The van der Waals surface area contributed by atoms with Crippen LogP contribution in [-0.2, 0) is 16.5 Å². The summed E-state index contributed by atoms with van der Waals surface area (Å²) in [7, 11) is 1.58. The van der Waals surface area contributed by atoms with Crippen LogP contribution in [0.1, 0.15) is 37.3 Å². The lowest BCUT2D eigenvalue weighted by atomic mass is 9.69. The predicted octanol–water partition coefficient (Wildman–Crippen LogP) is 2.62. The van der Waals surface area contributed by atoms with E-state index in [1.54, 1.807) is 7.05 Å². The zero-order valence-electron chi connectivity index (χ0n) is 11.9. The molecule has 2 atom stereocenters. The first kappa shape index (κ1) is 16.0. The van der Waals surface area contributed by atoms with E-state index in [2.05, 4.69) is 5.32 Å². The first-order valence-corrected chi connectivity index (χ1v) is 6.77. The van der Waals surface area contributed by atoms with Gasteiger partial charge in [-0.25, -0.2) is 0 Å². The molecule has 1 fully saturated rings. The summed E-state index contributed by atoms with van der Waals surface area (Å²) >= 11 is 0. The van der Waals surface area contributed by atoms with Crippen molar-refractivity contribution in [1.82, 2.24) is 5.32 Å². The van der Waals surface area contributed by atoms with Gasteiger partial charge in [0, 0.05) is 0 Å². The Morgan fingerprint density at radius 2 is 1.76 bits per heavy atom. The number of hydrogen-bond donors (Lipinski definition) is 2. The number of alkyl halides is 3. The van der Waals surface area contributed by atoms with Crippen molar-refractivity contribution in [2.24, 2.45) is 0 Å². The molecule has 0 amide bonds. The Bertz CT molecular complexity index is 537. The zero-order valence-corrected chi connectivity index (χ0v) is 11.9. The van der Waals surface area contributed by atoms with Crippen molar-refractivity contribution in [2.45, 2.75) is 43.5 Å². The lowest BCUT2D eigenvalue weighted by Gasteiger charge is -2.42. The number of Topliss-reactive ketones (excluding diaryl/α,β-unsaturated/α-hetero) is 1. The Labute approximate surface area is 121 Å². The fourth-order valence-corrected chi connectivity index (χ4v) is 2.99. The Hall–Kier alpha value is -1.40. The summed E-state index contributed by atoms with van der Waals surface area (Å²) in [5.41, 5.74) is -2.91. The van der Waals surface area contributed by atoms with E-state index in [0.29, 0.717) is 24.8 Å². The monoisotopic (exact) mass is 301 g/mol. The average molecular weight is 301 g/mol. The van der Waals surface area contributed by atoms with E-state index in [-0.39, 0.29) is 0 Å². The number of benzene rings is 1. The van der Waals surface area contributed by atoms with E-state index in [9.17, 15) is 23.1 Å². The van der Waals surface area contributed by atoms with Crippen LogP contribution in [0.4, 0.5) is 13.2 Å². The van der Waals surface area contributed by atoms with Gasteiger partial charge < -0.3 is 10.4 Å². The van der Waals surface area contributed by atoms with E-state index < -0.39 is 28.7 Å². The molecule has 0 radical (unpaired) electrons. The molecule has 1 aromatic carbocycles. The van der Waals surface area contributed by atoms with Gasteiger partial charge in [0.1, 0.15) is 11.1 Å². The van der Waals surface area contributed by atoms with Gasteiger partial charge in [0.2, 0.25) is 0 Å². The Balaban J connectivity index is 2.44. The van der Waals surface area contributed by atoms with Crippen LogP contribution in [0.5, 0.6) is 0 Å². The number of rotatable bonds is 2. The van der Waals surface area contributed by atoms with Crippen molar-refractivity contribution in [3.8, 4) is 0 Å². The number of ketones is 1. The lowest BCUT2D eigenvalue weighted by molar-refractivity contribution is -0.148. The third-order valence-corrected chi connectivity index (χ3v) is 4.22. The third-order valence-electron chi connectivity index (χ3n) is 4.22. The molecule has 0 heterocycles. The summed E-state index contributed by atoms with van der Waals surface area (Å²) in [6.45, 7) is 1.45. The number of halogens is 3. The molecule has 0 spiro atoms. The van der Waals surface area contributed by atoms with Gasteiger partial charge in [0.15, 0.2) is 5.78 Å². The summed E-state index contributed by atoms with van der Waals surface area (Å²) in [6.07, 6.45) is -2.99. The maximum absolute atomic E-state index is 12.6. The first-order chi connectivity index (χ1) is 9.63. The molecule has 0 bridgehead atoms. The van der Waals surface area contributed by atoms with Crippen molar-refractivity contribution in [3.63, 3.8) is 0 Å². The van der Waals surface area contributed by atoms with Gasteiger partial charge in [-0.15, -0.1) is 0 Å². The SMILES string of the molecule is CN[C@@]1(c2ccc(C(F)(F)F)cc2)CCC[C@](C)(O)C1=O. The normalized spacial score (nSPS) is 30.5. The Morgan fingerprint density at radius 3 is 2.24 bits per heavy atom. The van der Waals surface area contributed by atoms with Crippen LogP contribution in [0, 0.1) is 0 Å². The molecule has 1 aliphatic rings. The molecule has 0 aromatic heterocycles. The van der Waals surface area contributed by atoms with Gasteiger partial charge in [-0.2, -0.15) is 13.2 Å². The molecule has 0 aliphatic heterocycles. The fraction of sp³-hybridized carbons (Fsp3) is 0.533. The van der Waals surface area contributed by atoms with Gasteiger partial charge in [-0.05, 0) is 50.9 Å². The van der Waals surface area contributed by atoms with E-state index in [4.69, 9.17) is 0 Å². The highest BCUT2D eigenvalue weighted by atomic mass is 19.4. The maximum atomic E-state index is 12.6. The topological polar surface area (TPSA) is 49.3 Å². The highest BCUT2D eigenvalue weighted by Gasteiger charge is 2.50. The van der Waals surface area contributed by atoms with Crippen molar-refractivity contribution >= 4 is 5.78 Å². The smallest absolute Gasteiger partial charge is 0.382 e. The van der Waals surface area contributed by atoms with Crippen LogP contribution >= 0.6 is 0 Å². The maximum Gasteiger partial charge on any atom is 0.416 e. The average Bonchev–Trinajstić information content (AvgIpc) is 2.41. The number of likely N-dealkylation sites (N-methyl/N-ethyl adjacent to an activating group) is 1. The largest absolute Gasteiger partial charge is 0.416 e. The molecular weight excluding hydrogens is 283 g/mol. The summed E-state index contributed by atoms with van der Waals surface area (Å²) in [5, 5.41) is 13.1. The van der Waals surface area contributed by atoms with E-state index >= 15 is 0 Å². The summed E-state index contributed by atoms with van der Waals surface area (Å²) in [6, 6.07) is 4.54. The Morgan fingerprint density at radius 1 is 1.19 bits per heavy atom. The molecule has 6 heteroatoms. The summed E-state index contributed by atoms with van der Waals surface area (Å²) in [5.74, 6) is -0.400. The second-order valence-corrected chi connectivity index (χ2v) is 5.69. The quantitative estimate of drug-likeness (QED) is 0.883. The lowest BCUT2D eigenvalue weighted by Crippen LogP contribution is -2.59. The molecule has 1 saturated carbocycles. The molecule has 2 N–H and O–H groups in total. The van der Waals surface area contributed by atoms with Gasteiger partial charge >= 0.3 is 6.18 Å². The van der Waals surface area contributed by atoms with Gasteiger partial charge in [0.25, 0.3) is 0 Å². The van der Waals surface area contributed by atoms with Crippen molar-refractivity contribution in [2.75, 3.05) is 7.05 Å². The standard InChI is InChI=1S/C15H18F3NO2/c1-13(21)8-3-9-14(19-2,12(13)20)10-4-6-11(7-5-10)15(16,17)18/h4-7,19,21H,3,8-9H2,1-2H3/t13-,14+/m0/s1. The fourth-order valence-electron chi connectivity index (χ4n) is 2.99. The highest BCUT2D eigenvalue weighted by Crippen LogP contribution is 2.39. The van der Waals surface area contributed by atoms with Crippen LogP contribution < -0.4 is 5.32 Å².